The number of rotatable bonds is 5. The molecule has 0 amide bonds. The molecule has 22 heavy (non-hydrogen) atoms. The molecule has 0 N–H and O–H groups in total. The molecule has 0 spiro atoms. The molecule has 0 saturated carbocycles. The Morgan fingerprint density at radius 3 is 2.14 bits per heavy atom. The Labute approximate surface area is 136 Å². The predicted molar refractivity (Wildman–Crippen MR) is 92.1 cm³/mol. The van der Waals surface area contributed by atoms with Crippen LogP contribution in [0.15, 0.2) is 60.0 Å². The molecule has 2 aromatic rings. The van der Waals surface area contributed by atoms with E-state index in [-0.39, 0.29) is 11.4 Å². The van der Waals surface area contributed by atoms with Crippen LogP contribution >= 0.6 is 11.6 Å². The summed E-state index contributed by atoms with van der Waals surface area (Å²) >= 11 is 5.85. The lowest BCUT2D eigenvalue weighted by atomic mass is 10.1. The molecule has 0 heterocycles. The first kappa shape index (κ1) is 16.6. The van der Waals surface area contributed by atoms with Crippen molar-refractivity contribution in [3.8, 4) is 0 Å². The van der Waals surface area contributed by atoms with Crippen molar-refractivity contribution in [1.29, 1.82) is 0 Å². The SMILES string of the molecule is C=CCN(c1c(C)cccc1C)S(=O)(=O)c1ccc(Cl)cc1. The van der Waals surface area contributed by atoms with Crippen molar-refractivity contribution in [2.24, 2.45) is 0 Å². The van der Waals surface area contributed by atoms with E-state index in [1.807, 2.05) is 32.0 Å². The molecular formula is C17H18ClNO2S. The Balaban J connectivity index is 2.61. The molecule has 0 unspecified atom stereocenters. The molecule has 0 fully saturated rings. The average Bonchev–Trinajstić information content (AvgIpc) is 2.46. The molecule has 0 aliphatic heterocycles. The van der Waals surface area contributed by atoms with Gasteiger partial charge in [0.2, 0.25) is 0 Å². The van der Waals surface area contributed by atoms with Crippen LogP contribution in [-0.4, -0.2) is 15.0 Å². The van der Waals surface area contributed by atoms with Crippen molar-refractivity contribution < 1.29 is 8.42 Å². The van der Waals surface area contributed by atoms with E-state index in [1.54, 1.807) is 18.2 Å². The number of hydrogen-bond donors (Lipinski definition) is 0. The van der Waals surface area contributed by atoms with Crippen molar-refractivity contribution in [2.45, 2.75) is 18.7 Å². The number of benzene rings is 2. The molecule has 0 atom stereocenters. The highest BCUT2D eigenvalue weighted by Gasteiger charge is 2.26. The third kappa shape index (κ3) is 3.18. The summed E-state index contributed by atoms with van der Waals surface area (Å²) in [6, 6.07) is 11.9. The van der Waals surface area contributed by atoms with Gasteiger partial charge in [0.15, 0.2) is 0 Å². The number of aryl methyl sites for hydroxylation is 2. The van der Waals surface area contributed by atoms with Crippen molar-refractivity contribution >= 4 is 27.3 Å². The van der Waals surface area contributed by atoms with Gasteiger partial charge < -0.3 is 0 Å². The Bertz CT molecular complexity index is 763. The second kappa shape index (κ2) is 6.55. The fraction of sp³-hybridized carbons (Fsp3) is 0.176. The molecule has 116 valence electrons. The van der Waals surface area contributed by atoms with Gasteiger partial charge in [-0.3, -0.25) is 4.31 Å². The van der Waals surface area contributed by atoms with Gasteiger partial charge in [0.05, 0.1) is 17.1 Å². The van der Waals surface area contributed by atoms with Crippen LogP contribution in [0.3, 0.4) is 0 Å². The van der Waals surface area contributed by atoms with E-state index in [1.165, 1.54) is 16.4 Å². The third-order valence-electron chi connectivity index (χ3n) is 3.39. The topological polar surface area (TPSA) is 37.4 Å². The van der Waals surface area contributed by atoms with Crippen LogP contribution in [0.5, 0.6) is 0 Å². The molecule has 2 rings (SSSR count). The van der Waals surface area contributed by atoms with Gasteiger partial charge in [0.1, 0.15) is 0 Å². The zero-order valence-corrected chi connectivity index (χ0v) is 14.2. The smallest absolute Gasteiger partial charge is 0.262 e. The van der Waals surface area contributed by atoms with Crippen LogP contribution < -0.4 is 4.31 Å². The normalized spacial score (nSPS) is 11.2. The van der Waals surface area contributed by atoms with E-state index in [0.29, 0.717) is 10.7 Å². The van der Waals surface area contributed by atoms with Crippen molar-refractivity contribution in [2.75, 3.05) is 10.8 Å². The summed E-state index contributed by atoms with van der Waals surface area (Å²) in [5, 5.41) is 0.501. The van der Waals surface area contributed by atoms with Crippen LogP contribution in [-0.2, 0) is 10.0 Å². The molecule has 2 aromatic carbocycles. The lowest BCUT2D eigenvalue weighted by Gasteiger charge is -2.26. The highest BCUT2D eigenvalue weighted by Crippen LogP contribution is 2.30. The minimum Gasteiger partial charge on any atom is -0.262 e. The van der Waals surface area contributed by atoms with Gasteiger partial charge in [-0.1, -0.05) is 35.9 Å². The lowest BCUT2D eigenvalue weighted by Crippen LogP contribution is -2.32. The number of nitrogens with zero attached hydrogens (tertiary/aromatic N) is 1. The van der Waals surface area contributed by atoms with Gasteiger partial charge in [-0.15, -0.1) is 6.58 Å². The van der Waals surface area contributed by atoms with Crippen LogP contribution in [0.25, 0.3) is 0 Å². The second-order valence-electron chi connectivity index (χ2n) is 5.02. The fourth-order valence-electron chi connectivity index (χ4n) is 2.36. The molecule has 0 aliphatic rings. The maximum atomic E-state index is 13.0. The fourth-order valence-corrected chi connectivity index (χ4v) is 4.05. The van der Waals surface area contributed by atoms with Crippen LogP contribution in [0, 0.1) is 13.8 Å². The van der Waals surface area contributed by atoms with Crippen molar-refractivity contribution in [3.63, 3.8) is 0 Å². The van der Waals surface area contributed by atoms with Gasteiger partial charge in [0.25, 0.3) is 10.0 Å². The van der Waals surface area contributed by atoms with Gasteiger partial charge >= 0.3 is 0 Å². The summed E-state index contributed by atoms with van der Waals surface area (Å²) in [7, 11) is -3.67. The first-order valence-corrected chi connectivity index (χ1v) is 8.65. The standard InChI is InChI=1S/C17H18ClNO2S/c1-4-12-19(17-13(2)6-5-7-14(17)3)22(20,21)16-10-8-15(18)9-11-16/h4-11H,1,12H2,2-3H3. The van der Waals surface area contributed by atoms with E-state index in [0.717, 1.165) is 11.1 Å². The summed E-state index contributed by atoms with van der Waals surface area (Å²) in [5.74, 6) is 0. The van der Waals surface area contributed by atoms with Crippen LogP contribution in [0.4, 0.5) is 5.69 Å². The number of hydrogen-bond acceptors (Lipinski definition) is 2. The maximum absolute atomic E-state index is 13.0. The molecule has 0 radical (unpaired) electrons. The zero-order chi connectivity index (χ0) is 16.3. The van der Waals surface area contributed by atoms with E-state index in [2.05, 4.69) is 6.58 Å². The zero-order valence-electron chi connectivity index (χ0n) is 12.6. The number of anilines is 1. The highest BCUT2D eigenvalue weighted by atomic mass is 35.5. The molecule has 0 aliphatic carbocycles. The number of sulfonamides is 1. The lowest BCUT2D eigenvalue weighted by molar-refractivity contribution is 0.592. The molecular weight excluding hydrogens is 318 g/mol. The Morgan fingerprint density at radius 1 is 1.09 bits per heavy atom. The first-order chi connectivity index (χ1) is 10.4. The van der Waals surface area contributed by atoms with Gasteiger partial charge in [-0.25, -0.2) is 8.42 Å². The van der Waals surface area contributed by atoms with E-state index in [9.17, 15) is 8.42 Å². The van der Waals surface area contributed by atoms with Gasteiger partial charge in [-0.2, -0.15) is 0 Å². The molecule has 3 nitrogen and oxygen atoms in total. The molecule has 0 saturated heterocycles. The third-order valence-corrected chi connectivity index (χ3v) is 5.42. The predicted octanol–water partition coefficient (Wildman–Crippen LogP) is 4.34. The summed E-state index contributed by atoms with van der Waals surface area (Å²) < 4.78 is 27.3. The van der Waals surface area contributed by atoms with Crippen molar-refractivity contribution in [1.82, 2.24) is 0 Å². The minimum atomic E-state index is -3.67. The Kier molecular flexibility index (Phi) is 4.94. The molecule has 0 bridgehead atoms. The van der Waals surface area contributed by atoms with E-state index < -0.39 is 10.0 Å². The molecule has 0 aromatic heterocycles. The van der Waals surface area contributed by atoms with Gasteiger partial charge in [-0.05, 0) is 49.2 Å². The quantitative estimate of drug-likeness (QED) is 0.762. The number of halogens is 1. The van der Waals surface area contributed by atoms with E-state index >= 15 is 0 Å². The van der Waals surface area contributed by atoms with Gasteiger partial charge in [0, 0.05) is 5.02 Å². The minimum absolute atomic E-state index is 0.205. The van der Waals surface area contributed by atoms with Crippen LogP contribution in [0.2, 0.25) is 5.02 Å². The van der Waals surface area contributed by atoms with Crippen LogP contribution in [0.1, 0.15) is 11.1 Å². The first-order valence-electron chi connectivity index (χ1n) is 6.83. The summed E-state index contributed by atoms with van der Waals surface area (Å²) in [6.45, 7) is 7.68. The van der Waals surface area contributed by atoms with Crippen molar-refractivity contribution in [3.05, 3.63) is 71.3 Å². The highest BCUT2D eigenvalue weighted by molar-refractivity contribution is 7.92. The maximum Gasteiger partial charge on any atom is 0.264 e. The Morgan fingerprint density at radius 2 is 1.64 bits per heavy atom. The summed E-state index contributed by atoms with van der Waals surface area (Å²) in [4.78, 5) is 0.210. The summed E-state index contributed by atoms with van der Waals surface area (Å²) in [6.07, 6.45) is 1.58. The average molecular weight is 336 g/mol. The Hall–Kier alpha value is -1.78. The summed E-state index contributed by atoms with van der Waals surface area (Å²) in [5.41, 5.74) is 2.50. The monoisotopic (exact) mass is 335 g/mol. The second-order valence-corrected chi connectivity index (χ2v) is 7.32. The van der Waals surface area contributed by atoms with E-state index in [4.69, 9.17) is 11.6 Å². The molecule has 5 heteroatoms. The number of para-hydroxylation sites is 1. The largest absolute Gasteiger partial charge is 0.264 e.